The first-order valence-corrected chi connectivity index (χ1v) is 6.16. The molecule has 0 unspecified atom stereocenters. The number of methoxy groups -OCH3 is 1. The van der Waals surface area contributed by atoms with Crippen molar-refractivity contribution in [2.75, 3.05) is 20.3 Å². The van der Waals surface area contributed by atoms with Gasteiger partial charge in [0.05, 0.1) is 13.0 Å². The van der Waals surface area contributed by atoms with E-state index in [2.05, 4.69) is 14.2 Å². The highest BCUT2D eigenvalue weighted by molar-refractivity contribution is 7.87. The lowest BCUT2D eigenvalue weighted by Crippen LogP contribution is -2.50. The standard InChI is InChI=1S/C8H18N2O5S/c1-8(2,6-7(11)12)10-16(13,14)9-4-5-15-3/h9-10H,4-6H2,1-3H3,(H,11,12). The topological polar surface area (TPSA) is 105 Å². The van der Waals surface area contributed by atoms with Crippen molar-refractivity contribution in [3.8, 4) is 0 Å². The van der Waals surface area contributed by atoms with Gasteiger partial charge in [0, 0.05) is 19.2 Å². The Labute approximate surface area is 95.4 Å². The summed E-state index contributed by atoms with van der Waals surface area (Å²) in [6.45, 7) is 3.38. The molecule has 0 fully saturated rings. The predicted octanol–water partition coefficient (Wildman–Crippen LogP) is -0.690. The molecule has 0 amide bonds. The third-order valence-corrected chi connectivity index (χ3v) is 3.01. The van der Waals surface area contributed by atoms with E-state index < -0.39 is 21.7 Å². The molecule has 16 heavy (non-hydrogen) atoms. The first-order valence-electron chi connectivity index (χ1n) is 4.68. The fraction of sp³-hybridized carbons (Fsp3) is 0.875. The van der Waals surface area contributed by atoms with Gasteiger partial charge >= 0.3 is 5.97 Å². The van der Waals surface area contributed by atoms with Crippen molar-refractivity contribution in [3.05, 3.63) is 0 Å². The third kappa shape index (κ3) is 7.57. The van der Waals surface area contributed by atoms with E-state index in [4.69, 9.17) is 5.11 Å². The minimum absolute atomic E-state index is 0.134. The quantitative estimate of drug-likeness (QED) is 0.497. The van der Waals surface area contributed by atoms with Crippen molar-refractivity contribution < 1.29 is 23.1 Å². The van der Waals surface area contributed by atoms with E-state index in [-0.39, 0.29) is 19.6 Å². The van der Waals surface area contributed by atoms with Crippen LogP contribution in [0.25, 0.3) is 0 Å². The van der Waals surface area contributed by atoms with Gasteiger partial charge in [0.1, 0.15) is 0 Å². The maximum atomic E-state index is 11.4. The summed E-state index contributed by atoms with van der Waals surface area (Å²) in [5.41, 5.74) is -1.04. The minimum atomic E-state index is -3.70. The lowest BCUT2D eigenvalue weighted by Gasteiger charge is -2.23. The summed E-state index contributed by atoms with van der Waals surface area (Å²) >= 11 is 0. The maximum Gasteiger partial charge on any atom is 0.305 e. The van der Waals surface area contributed by atoms with Crippen LogP contribution in [0, 0.1) is 0 Å². The van der Waals surface area contributed by atoms with Crippen LogP contribution in [-0.2, 0) is 19.7 Å². The van der Waals surface area contributed by atoms with E-state index in [1.807, 2.05) is 0 Å². The SMILES string of the molecule is COCCNS(=O)(=O)NC(C)(C)CC(=O)O. The molecule has 0 radical (unpaired) electrons. The molecule has 0 saturated carbocycles. The van der Waals surface area contributed by atoms with Crippen molar-refractivity contribution in [1.82, 2.24) is 9.44 Å². The van der Waals surface area contributed by atoms with Gasteiger partial charge in [0.15, 0.2) is 0 Å². The zero-order valence-corrected chi connectivity index (χ0v) is 10.4. The van der Waals surface area contributed by atoms with Crippen LogP contribution >= 0.6 is 0 Å². The maximum absolute atomic E-state index is 11.4. The van der Waals surface area contributed by atoms with Crippen LogP contribution in [0.5, 0.6) is 0 Å². The summed E-state index contributed by atoms with van der Waals surface area (Å²) in [5, 5.41) is 8.58. The summed E-state index contributed by atoms with van der Waals surface area (Å²) in [6.07, 6.45) is -0.293. The largest absolute Gasteiger partial charge is 0.481 e. The van der Waals surface area contributed by atoms with Gasteiger partial charge in [-0.1, -0.05) is 0 Å². The Morgan fingerprint density at radius 2 is 2.00 bits per heavy atom. The number of rotatable bonds is 8. The molecule has 0 saturated heterocycles. The van der Waals surface area contributed by atoms with Crippen molar-refractivity contribution in [2.45, 2.75) is 25.8 Å². The molecule has 0 aliphatic heterocycles. The smallest absolute Gasteiger partial charge is 0.305 e. The van der Waals surface area contributed by atoms with Crippen LogP contribution in [0.2, 0.25) is 0 Å². The van der Waals surface area contributed by atoms with E-state index in [0.29, 0.717) is 0 Å². The fourth-order valence-corrected chi connectivity index (χ4v) is 2.32. The lowest BCUT2D eigenvalue weighted by atomic mass is 10.0. The van der Waals surface area contributed by atoms with E-state index >= 15 is 0 Å². The predicted molar refractivity (Wildman–Crippen MR) is 58.3 cm³/mol. The highest BCUT2D eigenvalue weighted by atomic mass is 32.2. The van der Waals surface area contributed by atoms with Crippen LogP contribution < -0.4 is 9.44 Å². The highest BCUT2D eigenvalue weighted by Crippen LogP contribution is 2.08. The second-order valence-corrected chi connectivity index (χ2v) is 5.45. The molecule has 0 aliphatic rings. The lowest BCUT2D eigenvalue weighted by molar-refractivity contribution is -0.138. The van der Waals surface area contributed by atoms with Crippen molar-refractivity contribution >= 4 is 16.2 Å². The molecule has 3 N–H and O–H groups in total. The van der Waals surface area contributed by atoms with Gasteiger partial charge in [-0.05, 0) is 13.8 Å². The number of ether oxygens (including phenoxy) is 1. The fourth-order valence-electron chi connectivity index (χ4n) is 1.09. The number of nitrogens with one attached hydrogen (secondary N) is 2. The molecule has 0 bridgehead atoms. The van der Waals surface area contributed by atoms with Crippen LogP contribution in [0.4, 0.5) is 0 Å². The molecule has 0 heterocycles. The van der Waals surface area contributed by atoms with Crippen LogP contribution in [-0.4, -0.2) is 45.3 Å². The Morgan fingerprint density at radius 1 is 1.44 bits per heavy atom. The van der Waals surface area contributed by atoms with Gasteiger partial charge in [0.25, 0.3) is 10.2 Å². The zero-order chi connectivity index (χ0) is 12.8. The molecule has 0 atom stereocenters. The normalized spacial score (nSPS) is 12.7. The van der Waals surface area contributed by atoms with Gasteiger partial charge in [-0.25, -0.2) is 0 Å². The van der Waals surface area contributed by atoms with Gasteiger partial charge in [-0.2, -0.15) is 17.9 Å². The Morgan fingerprint density at radius 3 is 2.44 bits per heavy atom. The zero-order valence-electron chi connectivity index (χ0n) is 9.61. The van der Waals surface area contributed by atoms with Crippen molar-refractivity contribution in [1.29, 1.82) is 0 Å². The monoisotopic (exact) mass is 254 g/mol. The van der Waals surface area contributed by atoms with Crippen LogP contribution in [0.3, 0.4) is 0 Å². The summed E-state index contributed by atoms with van der Waals surface area (Å²) < 4.78 is 32.0. The molecular weight excluding hydrogens is 236 g/mol. The molecule has 96 valence electrons. The number of hydrogen-bond acceptors (Lipinski definition) is 4. The average Bonchev–Trinajstić information content (AvgIpc) is 1.98. The number of carboxylic acids is 1. The average molecular weight is 254 g/mol. The van der Waals surface area contributed by atoms with Gasteiger partial charge in [0.2, 0.25) is 0 Å². The van der Waals surface area contributed by atoms with Gasteiger partial charge in [-0.15, -0.1) is 0 Å². The van der Waals surface area contributed by atoms with E-state index in [0.717, 1.165) is 0 Å². The second-order valence-electron chi connectivity index (χ2n) is 3.95. The molecule has 7 nitrogen and oxygen atoms in total. The summed E-state index contributed by atoms with van der Waals surface area (Å²) in [5.74, 6) is -1.07. The molecule has 0 aromatic rings. The molecule has 0 rings (SSSR count). The van der Waals surface area contributed by atoms with Crippen LogP contribution in [0.1, 0.15) is 20.3 Å². The summed E-state index contributed by atoms with van der Waals surface area (Å²) in [7, 11) is -2.25. The summed E-state index contributed by atoms with van der Waals surface area (Å²) in [4.78, 5) is 10.5. The Kier molecular flexibility index (Phi) is 5.87. The molecule has 0 spiro atoms. The third-order valence-electron chi connectivity index (χ3n) is 1.60. The first kappa shape index (κ1) is 15.3. The molecule has 8 heteroatoms. The van der Waals surface area contributed by atoms with Gasteiger partial charge in [-0.3, -0.25) is 4.79 Å². The number of hydrogen-bond donors (Lipinski definition) is 3. The first-order chi connectivity index (χ1) is 7.18. The second kappa shape index (κ2) is 6.14. The Hall–Kier alpha value is -0.700. The molecule has 0 aromatic carbocycles. The van der Waals surface area contributed by atoms with Crippen LogP contribution in [0.15, 0.2) is 0 Å². The molecular formula is C8H18N2O5S. The van der Waals surface area contributed by atoms with Crippen molar-refractivity contribution in [2.24, 2.45) is 0 Å². The van der Waals surface area contributed by atoms with E-state index in [1.54, 1.807) is 0 Å². The van der Waals surface area contributed by atoms with E-state index in [1.165, 1.54) is 21.0 Å². The minimum Gasteiger partial charge on any atom is -0.481 e. The Balaban J connectivity index is 4.29. The molecule has 0 aromatic heterocycles. The number of carboxylic acid groups (broad SMARTS) is 1. The van der Waals surface area contributed by atoms with Crippen molar-refractivity contribution in [3.63, 3.8) is 0 Å². The summed E-state index contributed by atoms with van der Waals surface area (Å²) in [6, 6.07) is 0. The van der Waals surface area contributed by atoms with E-state index in [9.17, 15) is 13.2 Å². The highest BCUT2D eigenvalue weighted by Gasteiger charge is 2.27. The van der Waals surface area contributed by atoms with Gasteiger partial charge < -0.3 is 9.84 Å². The number of carbonyl (C=O) groups is 1. The number of aliphatic carboxylic acids is 1. The Bertz CT molecular complexity index is 325. The molecule has 0 aliphatic carbocycles.